The molecule has 0 aliphatic rings. The molecule has 2 N–H and O–H groups in total. The van der Waals surface area contributed by atoms with Gasteiger partial charge in [0.25, 0.3) is 0 Å². The number of aromatic nitrogens is 1. The highest BCUT2D eigenvalue weighted by molar-refractivity contribution is 5.76. The Morgan fingerprint density at radius 2 is 1.75 bits per heavy atom. The van der Waals surface area contributed by atoms with Gasteiger partial charge in [0.15, 0.2) is 0 Å². The Balaban J connectivity index is 1.91. The Morgan fingerprint density at radius 3 is 2.42 bits per heavy atom. The minimum atomic E-state index is -4.56. The van der Waals surface area contributed by atoms with Crippen molar-refractivity contribution < 1.29 is 27.5 Å². The lowest BCUT2D eigenvalue weighted by Crippen LogP contribution is -2.37. The first-order valence-electron chi connectivity index (χ1n) is 11.6. The molecular weight excluding hydrogens is 471 g/mol. The van der Waals surface area contributed by atoms with Crippen molar-refractivity contribution in [3.63, 3.8) is 0 Å². The zero-order chi connectivity index (χ0) is 26.1. The van der Waals surface area contributed by atoms with Gasteiger partial charge in [0.1, 0.15) is 0 Å². The summed E-state index contributed by atoms with van der Waals surface area (Å²) < 4.78 is 45.6. The van der Waals surface area contributed by atoms with Crippen LogP contribution in [-0.4, -0.2) is 23.6 Å². The number of rotatable bonds is 9. The molecule has 0 spiro atoms. The SMILES string of the molecule is CCOC(=O)Cc1cccc(-c2ccc(C(F)(F)F)cc2C(CC)NC(=O)NCc2ccccc2)n1. The van der Waals surface area contributed by atoms with E-state index in [9.17, 15) is 22.8 Å². The molecule has 0 aliphatic carbocycles. The Bertz CT molecular complexity index is 1180. The summed E-state index contributed by atoms with van der Waals surface area (Å²) in [6.07, 6.45) is -4.27. The van der Waals surface area contributed by atoms with Crippen LogP contribution in [0.25, 0.3) is 11.3 Å². The van der Waals surface area contributed by atoms with Gasteiger partial charge in [-0.15, -0.1) is 0 Å². The van der Waals surface area contributed by atoms with Gasteiger partial charge in [-0.25, -0.2) is 4.79 Å². The van der Waals surface area contributed by atoms with E-state index in [-0.39, 0.29) is 25.1 Å². The number of amides is 2. The quantitative estimate of drug-likeness (QED) is 0.364. The van der Waals surface area contributed by atoms with E-state index < -0.39 is 29.8 Å². The maximum atomic E-state index is 13.6. The minimum absolute atomic E-state index is 0.0605. The van der Waals surface area contributed by atoms with Crippen molar-refractivity contribution in [1.82, 2.24) is 15.6 Å². The van der Waals surface area contributed by atoms with E-state index in [1.54, 1.807) is 32.0 Å². The number of benzene rings is 2. The highest BCUT2D eigenvalue weighted by Gasteiger charge is 2.32. The normalized spacial score (nSPS) is 12.0. The number of pyridine rings is 1. The van der Waals surface area contributed by atoms with Crippen LogP contribution in [-0.2, 0) is 28.7 Å². The molecule has 2 amide bonds. The zero-order valence-corrected chi connectivity index (χ0v) is 20.1. The summed E-state index contributed by atoms with van der Waals surface area (Å²) in [6, 6.07) is 16.4. The van der Waals surface area contributed by atoms with E-state index in [1.165, 1.54) is 6.07 Å². The summed E-state index contributed by atoms with van der Waals surface area (Å²) >= 11 is 0. The molecule has 0 saturated carbocycles. The maximum absolute atomic E-state index is 13.6. The lowest BCUT2D eigenvalue weighted by molar-refractivity contribution is -0.142. The van der Waals surface area contributed by atoms with Gasteiger partial charge >= 0.3 is 18.2 Å². The van der Waals surface area contributed by atoms with E-state index in [4.69, 9.17) is 4.74 Å². The molecule has 0 saturated heterocycles. The fourth-order valence-corrected chi connectivity index (χ4v) is 3.74. The molecule has 3 aromatic rings. The number of halogens is 3. The number of hydrogen-bond donors (Lipinski definition) is 2. The number of alkyl halides is 3. The number of nitrogens with zero attached hydrogens (tertiary/aromatic N) is 1. The van der Waals surface area contributed by atoms with E-state index in [2.05, 4.69) is 15.6 Å². The summed E-state index contributed by atoms with van der Waals surface area (Å²) in [6.45, 7) is 3.98. The standard InChI is InChI=1S/C27H28F3N3O3/c1-3-23(33-26(35)31-17-18-9-6-5-7-10-18)22-15-19(27(28,29)30)13-14-21(22)24-12-8-11-20(32-24)16-25(34)36-4-2/h5-15,23H,3-4,16-17H2,1-2H3,(H2,31,33,35). The summed E-state index contributed by atoms with van der Waals surface area (Å²) in [5, 5.41) is 5.53. The third-order valence-electron chi connectivity index (χ3n) is 5.48. The average Bonchev–Trinajstić information content (AvgIpc) is 2.86. The molecule has 0 aliphatic heterocycles. The third kappa shape index (κ3) is 7.31. The van der Waals surface area contributed by atoms with Gasteiger partial charge in [-0.1, -0.05) is 49.4 Å². The van der Waals surface area contributed by atoms with Crippen molar-refractivity contribution in [1.29, 1.82) is 0 Å². The van der Waals surface area contributed by atoms with E-state index in [0.29, 0.717) is 23.4 Å². The van der Waals surface area contributed by atoms with Crippen LogP contribution in [0.5, 0.6) is 0 Å². The molecule has 2 aromatic carbocycles. The first kappa shape index (κ1) is 26.7. The minimum Gasteiger partial charge on any atom is -0.466 e. The molecule has 9 heteroatoms. The number of urea groups is 1. The lowest BCUT2D eigenvalue weighted by Gasteiger charge is -2.22. The highest BCUT2D eigenvalue weighted by atomic mass is 19.4. The van der Waals surface area contributed by atoms with E-state index in [0.717, 1.165) is 17.7 Å². The second kappa shape index (κ2) is 12.2. The molecule has 6 nitrogen and oxygen atoms in total. The molecule has 1 aromatic heterocycles. The molecule has 0 bridgehead atoms. The number of ether oxygens (including phenoxy) is 1. The topological polar surface area (TPSA) is 80.3 Å². The Kier molecular flexibility index (Phi) is 9.05. The monoisotopic (exact) mass is 499 g/mol. The summed E-state index contributed by atoms with van der Waals surface area (Å²) in [5.41, 5.74) is 1.60. The molecule has 190 valence electrons. The van der Waals surface area contributed by atoms with Crippen molar-refractivity contribution in [3.8, 4) is 11.3 Å². The highest BCUT2D eigenvalue weighted by Crippen LogP contribution is 2.36. The first-order chi connectivity index (χ1) is 17.2. The Hall–Kier alpha value is -3.88. The molecule has 3 rings (SSSR count). The second-order valence-corrected chi connectivity index (χ2v) is 8.07. The molecule has 36 heavy (non-hydrogen) atoms. The average molecular weight is 500 g/mol. The van der Waals surface area contributed by atoms with Crippen molar-refractivity contribution in [2.24, 2.45) is 0 Å². The van der Waals surface area contributed by atoms with Crippen LogP contribution < -0.4 is 10.6 Å². The smallest absolute Gasteiger partial charge is 0.416 e. The van der Waals surface area contributed by atoms with Gasteiger partial charge in [-0.3, -0.25) is 9.78 Å². The van der Waals surface area contributed by atoms with Crippen LogP contribution in [0.2, 0.25) is 0 Å². The van der Waals surface area contributed by atoms with Gasteiger partial charge in [0.2, 0.25) is 0 Å². The van der Waals surface area contributed by atoms with Crippen molar-refractivity contribution in [2.75, 3.05) is 6.61 Å². The fourth-order valence-electron chi connectivity index (χ4n) is 3.74. The number of hydrogen-bond acceptors (Lipinski definition) is 4. The van der Waals surface area contributed by atoms with Crippen LogP contribution >= 0.6 is 0 Å². The second-order valence-electron chi connectivity index (χ2n) is 8.07. The summed E-state index contributed by atoms with van der Waals surface area (Å²) in [4.78, 5) is 29.0. The maximum Gasteiger partial charge on any atom is 0.416 e. The predicted molar refractivity (Wildman–Crippen MR) is 130 cm³/mol. The lowest BCUT2D eigenvalue weighted by atomic mass is 9.93. The summed E-state index contributed by atoms with van der Waals surface area (Å²) in [5.74, 6) is -0.446. The molecule has 1 heterocycles. The fraction of sp³-hybridized carbons (Fsp3) is 0.296. The van der Waals surface area contributed by atoms with Gasteiger partial charge < -0.3 is 15.4 Å². The first-order valence-corrected chi connectivity index (χ1v) is 11.6. The van der Waals surface area contributed by atoms with Gasteiger partial charge in [-0.2, -0.15) is 13.2 Å². The van der Waals surface area contributed by atoms with E-state index in [1.807, 2.05) is 30.3 Å². The number of carbonyl (C=O) groups is 2. The van der Waals surface area contributed by atoms with Gasteiger partial charge in [0, 0.05) is 12.1 Å². The molecule has 1 unspecified atom stereocenters. The predicted octanol–water partition coefficient (Wildman–Crippen LogP) is 5.82. The van der Waals surface area contributed by atoms with Crippen molar-refractivity contribution in [3.05, 3.63) is 89.1 Å². The van der Waals surface area contributed by atoms with Crippen molar-refractivity contribution in [2.45, 2.75) is 45.5 Å². The number of carbonyl (C=O) groups excluding carboxylic acids is 2. The van der Waals surface area contributed by atoms with Crippen LogP contribution in [0.3, 0.4) is 0 Å². The number of nitrogens with one attached hydrogen (secondary N) is 2. The third-order valence-corrected chi connectivity index (χ3v) is 5.48. The number of esters is 1. The Labute approximate surface area is 207 Å². The van der Waals surface area contributed by atoms with Crippen LogP contribution in [0.15, 0.2) is 66.7 Å². The van der Waals surface area contributed by atoms with E-state index >= 15 is 0 Å². The van der Waals surface area contributed by atoms with Gasteiger partial charge in [-0.05, 0) is 48.7 Å². The molecule has 0 fully saturated rings. The van der Waals surface area contributed by atoms with Crippen LogP contribution in [0, 0.1) is 0 Å². The van der Waals surface area contributed by atoms with Crippen LogP contribution in [0.4, 0.5) is 18.0 Å². The zero-order valence-electron chi connectivity index (χ0n) is 20.1. The Morgan fingerprint density at radius 1 is 1.00 bits per heavy atom. The molecular formula is C27H28F3N3O3. The van der Waals surface area contributed by atoms with Crippen LogP contribution in [0.1, 0.15) is 48.7 Å². The molecule has 0 radical (unpaired) electrons. The largest absolute Gasteiger partial charge is 0.466 e. The summed E-state index contributed by atoms with van der Waals surface area (Å²) in [7, 11) is 0. The van der Waals surface area contributed by atoms with Gasteiger partial charge in [0.05, 0.1) is 36.0 Å². The van der Waals surface area contributed by atoms with Crippen molar-refractivity contribution >= 4 is 12.0 Å². The molecule has 1 atom stereocenters.